The molecule has 2 aromatic rings. The molecule has 3 N–H and O–H groups in total. The summed E-state index contributed by atoms with van der Waals surface area (Å²) in [5.74, 6) is 0.311. The second-order valence-electron chi connectivity index (χ2n) is 5.50. The minimum absolute atomic E-state index is 0.341. The second-order valence-corrected chi connectivity index (χ2v) is 6.72. The van der Waals surface area contributed by atoms with E-state index in [4.69, 9.17) is 15.2 Å². The van der Waals surface area contributed by atoms with E-state index in [1.807, 2.05) is 19.9 Å². The predicted molar refractivity (Wildman–Crippen MR) is 104 cm³/mol. The molecule has 0 fully saturated rings. The number of ether oxygens (including phenoxy) is 2. The third-order valence-corrected chi connectivity index (χ3v) is 4.94. The molecule has 2 amide bonds. The van der Waals surface area contributed by atoms with Crippen LogP contribution in [0.25, 0.3) is 6.08 Å². The van der Waals surface area contributed by atoms with Crippen LogP contribution in [-0.4, -0.2) is 26.0 Å². The van der Waals surface area contributed by atoms with Crippen LogP contribution in [0.2, 0.25) is 0 Å². The molecule has 1 heterocycles. The van der Waals surface area contributed by atoms with E-state index in [1.54, 1.807) is 32.4 Å². The number of hydrogen-bond acceptors (Lipinski definition) is 5. The van der Waals surface area contributed by atoms with Gasteiger partial charge in [0.2, 0.25) is 5.91 Å². The third kappa shape index (κ3) is 4.23. The predicted octanol–water partition coefficient (Wildman–Crippen LogP) is 3.39. The minimum atomic E-state index is -0.537. The largest absolute Gasteiger partial charge is 0.493 e. The van der Waals surface area contributed by atoms with Crippen molar-refractivity contribution in [3.05, 3.63) is 45.8 Å². The molecule has 138 valence electrons. The summed E-state index contributed by atoms with van der Waals surface area (Å²) in [7, 11) is 3.11. The van der Waals surface area contributed by atoms with Crippen LogP contribution < -0.4 is 20.5 Å². The first-order valence-electron chi connectivity index (χ1n) is 8.04. The van der Waals surface area contributed by atoms with Crippen LogP contribution in [-0.2, 0) is 11.2 Å². The lowest BCUT2D eigenvalue weighted by molar-refractivity contribution is -0.111. The minimum Gasteiger partial charge on any atom is -0.493 e. The average molecular weight is 374 g/mol. The fraction of sp³-hybridized carbons (Fsp3) is 0.263. The summed E-state index contributed by atoms with van der Waals surface area (Å²) in [5.41, 5.74) is 7.53. The van der Waals surface area contributed by atoms with Gasteiger partial charge in [0.25, 0.3) is 5.91 Å². The number of carbonyl (C=O) groups excluding carboxylic acids is 2. The van der Waals surface area contributed by atoms with Crippen LogP contribution in [0.15, 0.2) is 24.3 Å². The van der Waals surface area contributed by atoms with E-state index in [2.05, 4.69) is 5.32 Å². The molecule has 0 aliphatic rings. The Labute approximate surface area is 156 Å². The van der Waals surface area contributed by atoms with Gasteiger partial charge in [-0.1, -0.05) is 13.0 Å². The summed E-state index contributed by atoms with van der Waals surface area (Å²) in [6.07, 6.45) is 3.73. The van der Waals surface area contributed by atoms with Gasteiger partial charge in [-0.05, 0) is 42.7 Å². The number of rotatable bonds is 7. The van der Waals surface area contributed by atoms with Gasteiger partial charge in [-0.3, -0.25) is 9.59 Å². The topological polar surface area (TPSA) is 90.7 Å². The van der Waals surface area contributed by atoms with Crippen LogP contribution in [0.5, 0.6) is 11.5 Å². The van der Waals surface area contributed by atoms with Gasteiger partial charge in [0.1, 0.15) is 5.00 Å². The molecule has 1 aromatic carbocycles. The number of carbonyl (C=O) groups is 2. The summed E-state index contributed by atoms with van der Waals surface area (Å²) >= 11 is 1.35. The molecule has 0 saturated heterocycles. The molecule has 2 rings (SSSR count). The Morgan fingerprint density at radius 1 is 1.23 bits per heavy atom. The van der Waals surface area contributed by atoms with Crippen LogP contribution in [0, 0.1) is 6.92 Å². The molecule has 7 heteroatoms. The fourth-order valence-electron chi connectivity index (χ4n) is 2.64. The summed E-state index contributed by atoms with van der Waals surface area (Å²) < 4.78 is 10.4. The highest BCUT2D eigenvalue weighted by Crippen LogP contribution is 2.33. The quantitative estimate of drug-likeness (QED) is 0.727. The standard InChI is InChI=1S/C19H22N2O4S/c1-5-13-11(2)26-19(17(13)18(20)23)21-16(22)9-7-12-6-8-14(24-3)15(10-12)25-4/h6-10H,5H2,1-4H3,(H2,20,23)(H,21,22)/b9-7+. The number of primary amides is 1. The van der Waals surface area contributed by atoms with Gasteiger partial charge in [-0.2, -0.15) is 0 Å². The van der Waals surface area contributed by atoms with Crippen molar-refractivity contribution in [2.24, 2.45) is 5.73 Å². The molecule has 0 radical (unpaired) electrons. The SMILES string of the molecule is CCc1c(C)sc(NC(=O)/C=C/c2ccc(OC)c(OC)c2)c1C(N)=O. The van der Waals surface area contributed by atoms with E-state index >= 15 is 0 Å². The highest BCUT2D eigenvalue weighted by Gasteiger charge is 2.19. The van der Waals surface area contributed by atoms with Gasteiger partial charge in [0.15, 0.2) is 11.5 Å². The van der Waals surface area contributed by atoms with E-state index in [9.17, 15) is 9.59 Å². The van der Waals surface area contributed by atoms with Gasteiger partial charge in [-0.15, -0.1) is 11.3 Å². The smallest absolute Gasteiger partial charge is 0.251 e. The summed E-state index contributed by atoms with van der Waals surface area (Å²) in [6.45, 7) is 3.86. The molecule has 26 heavy (non-hydrogen) atoms. The number of methoxy groups -OCH3 is 2. The number of anilines is 1. The molecule has 6 nitrogen and oxygen atoms in total. The Morgan fingerprint density at radius 2 is 1.92 bits per heavy atom. The van der Waals surface area contributed by atoms with Crippen molar-refractivity contribution in [2.45, 2.75) is 20.3 Å². The number of nitrogens with one attached hydrogen (secondary N) is 1. The van der Waals surface area contributed by atoms with Crippen molar-refractivity contribution in [1.82, 2.24) is 0 Å². The monoisotopic (exact) mass is 374 g/mol. The van der Waals surface area contributed by atoms with Crippen LogP contribution in [0.3, 0.4) is 0 Å². The van der Waals surface area contributed by atoms with E-state index in [0.29, 0.717) is 28.5 Å². The Balaban J connectivity index is 2.19. The first kappa shape index (κ1) is 19.5. The zero-order chi connectivity index (χ0) is 19.3. The first-order chi connectivity index (χ1) is 12.4. The van der Waals surface area contributed by atoms with E-state index in [1.165, 1.54) is 17.4 Å². The summed E-state index contributed by atoms with van der Waals surface area (Å²) in [4.78, 5) is 25.0. The molecular formula is C19H22N2O4S. The molecule has 0 spiro atoms. The molecule has 0 bridgehead atoms. The zero-order valence-electron chi connectivity index (χ0n) is 15.2. The molecule has 0 saturated carbocycles. The second kappa shape index (κ2) is 8.53. The Hall–Kier alpha value is -2.80. The molecule has 0 atom stereocenters. The van der Waals surface area contributed by atoms with Crippen molar-refractivity contribution in [2.75, 3.05) is 19.5 Å². The van der Waals surface area contributed by atoms with Crippen molar-refractivity contribution < 1.29 is 19.1 Å². The number of hydrogen-bond donors (Lipinski definition) is 2. The number of aryl methyl sites for hydroxylation is 1. The maximum atomic E-state index is 12.2. The van der Waals surface area contributed by atoms with Gasteiger partial charge >= 0.3 is 0 Å². The highest BCUT2D eigenvalue weighted by molar-refractivity contribution is 7.16. The number of amides is 2. The molecule has 1 aromatic heterocycles. The van der Waals surface area contributed by atoms with Gasteiger partial charge in [-0.25, -0.2) is 0 Å². The lowest BCUT2D eigenvalue weighted by atomic mass is 10.1. The Bertz CT molecular complexity index is 855. The van der Waals surface area contributed by atoms with Crippen molar-refractivity contribution in [3.63, 3.8) is 0 Å². The lowest BCUT2D eigenvalue weighted by Gasteiger charge is -2.07. The van der Waals surface area contributed by atoms with Crippen molar-refractivity contribution >= 4 is 34.2 Å². The first-order valence-corrected chi connectivity index (χ1v) is 8.86. The normalized spacial score (nSPS) is 10.8. The van der Waals surface area contributed by atoms with E-state index in [0.717, 1.165) is 16.0 Å². The number of thiophene rings is 1. The van der Waals surface area contributed by atoms with E-state index < -0.39 is 5.91 Å². The van der Waals surface area contributed by atoms with Crippen LogP contribution >= 0.6 is 11.3 Å². The van der Waals surface area contributed by atoms with Gasteiger partial charge < -0.3 is 20.5 Å². The Morgan fingerprint density at radius 3 is 2.50 bits per heavy atom. The molecule has 0 aliphatic carbocycles. The molecule has 0 aliphatic heterocycles. The number of benzene rings is 1. The Kier molecular flexibility index (Phi) is 6.41. The van der Waals surface area contributed by atoms with E-state index in [-0.39, 0.29) is 5.91 Å². The van der Waals surface area contributed by atoms with Crippen LogP contribution in [0.4, 0.5) is 5.00 Å². The lowest BCUT2D eigenvalue weighted by Crippen LogP contribution is -2.16. The van der Waals surface area contributed by atoms with Gasteiger partial charge in [0.05, 0.1) is 19.8 Å². The summed E-state index contributed by atoms with van der Waals surface area (Å²) in [5, 5.41) is 3.23. The number of nitrogens with two attached hydrogens (primary N) is 1. The van der Waals surface area contributed by atoms with Gasteiger partial charge in [0, 0.05) is 11.0 Å². The maximum Gasteiger partial charge on any atom is 0.251 e. The molecular weight excluding hydrogens is 352 g/mol. The highest BCUT2D eigenvalue weighted by atomic mass is 32.1. The maximum absolute atomic E-state index is 12.2. The van der Waals surface area contributed by atoms with Crippen molar-refractivity contribution in [3.8, 4) is 11.5 Å². The fourth-order valence-corrected chi connectivity index (χ4v) is 3.79. The van der Waals surface area contributed by atoms with Crippen LogP contribution in [0.1, 0.15) is 33.3 Å². The molecule has 0 unspecified atom stereocenters. The average Bonchev–Trinajstić information content (AvgIpc) is 2.94. The third-order valence-electron chi connectivity index (χ3n) is 3.88. The van der Waals surface area contributed by atoms with Crippen molar-refractivity contribution in [1.29, 1.82) is 0 Å². The summed E-state index contributed by atoms with van der Waals surface area (Å²) in [6, 6.07) is 5.34. The zero-order valence-corrected chi connectivity index (χ0v) is 16.0.